The number of ether oxygens (including phenoxy) is 3. The molecule has 0 radical (unpaired) electrons. The fourth-order valence-corrected chi connectivity index (χ4v) is 3.28. The van der Waals surface area contributed by atoms with E-state index in [1.165, 1.54) is 0 Å². The van der Waals surface area contributed by atoms with Crippen LogP contribution < -0.4 is 19.5 Å². The van der Waals surface area contributed by atoms with Crippen molar-refractivity contribution in [1.29, 1.82) is 0 Å². The number of fused-ring (bicyclic) bond motifs is 1. The minimum Gasteiger partial charge on any atom is -0.493 e. The van der Waals surface area contributed by atoms with Gasteiger partial charge in [-0.25, -0.2) is 0 Å². The summed E-state index contributed by atoms with van der Waals surface area (Å²) in [5.74, 6) is 1.53. The van der Waals surface area contributed by atoms with Gasteiger partial charge in [-0.05, 0) is 53.6 Å². The van der Waals surface area contributed by atoms with Gasteiger partial charge < -0.3 is 19.5 Å². The Morgan fingerprint density at radius 3 is 2.20 bits per heavy atom. The summed E-state index contributed by atoms with van der Waals surface area (Å²) in [6.45, 7) is 0. The van der Waals surface area contributed by atoms with Crippen molar-refractivity contribution >= 4 is 22.5 Å². The van der Waals surface area contributed by atoms with Gasteiger partial charge in [0.15, 0.2) is 11.5 Å². The Hall–Kier alpha value is -4.00. The number of anilines is 1. The summed E-state index contributed by atoms with van der Waals surface area (Å²) >= 11 is 0. The summed E-state index contributed by atoms with van der Waals surface area (Å²) in [7, 11) is 4.74. The molecule has 0 unspecified atom stereocenters. The molecule has 152 valence electrons. The van der Waals surface area contributed by atoms with E-state index in [-0.39, 0.29) is 5.91 Å². The van der Waals surface area contributed by atoms with Crippen molar-refractivity contribution in [3.8, 4) is 28.4 Å². The van der Waals surface area contributed by atoms with Gasteiger partial charge in [0.25, 0.3) is 5.91 Å². The van der Waals surface area contributed by atoms with Gasteiger partial charge in [-0.2, -0.15) is 5.10 Å². The third kappa shape index (κ3) is 3.65. The molecule has 7 heteroatoms. The number of hydrogen-bond acceptors (Lipinski definition) is 5. The predicted molar refractivity (Wildman–Crippen MR) is 116 cm³/mol. The molecule has 1 heterocycles. The maximum atomic E-state index is 12.6. The SMILES string of the molecule is COc1cc(-c2ccc(NC(=O)c3ccc4[nH]ncc4c3)cc2)cc(OC)c1OC. The Bertz CT molecular complexity index is 1170. The van der Waals surface area contributed by atoms with E-state index in [0.29, 0.717) is 28.5 Å². The molecule has 0 spiro atoms. The number of carbonyl (C=O) groups is 1. The number of carbonyl (C=O) groups excluding carboxylic acids is 1. The number of rotatable bonds is 6. The van der Waals surface area contributed by atoms with Gasteiger partial charge in [0.2, 0.25) is 5.75 Å². The monoisotopic (exact) mass is 403 g/mol. The molecule has 1 aromatic heterocycles. The number of hydrogen-bond donors (Lipinski definition) is 2. The lowest BCUT2D eigenvalue weighted by molar-refractivity contribution is 0.102. The van der Waals surface area contributed by atoms with E-state index >= 15 is 0 Å². The van der Waals surface area contributed by atoms with Crippen LogP contribution in [0.4, 0.5) is 5.69 Å². The number of nitrogens with one attached hydrogen (secondary N) is 2. The molecule has 0 aliphatic heterocycles. The van der Waals surface area contributed by atoms with E-state index in [1.54, 1.807) is 39.7 Å². The van der Waals surface area contributed by atoms with E-state index in [4.69, 9.17) is 14.2 Å². The van der Waals surface area contributed by atoms with E-state index in [2.05, 4.69) is 15.5 Å². The maximum absolute atomic E-state index is 12.6. The molecule has 30 heavy (non-hydrogen) atoms. The Labute approximate surface area is 173 Å². The van der Waals surface area contributed by atoms with Crippen molar-refractivity contribution < 1.29 is 19.0 Å². The highest BCUT2D eigenvalue weighted by atomic mass is 16.5. The lowest BCUT2D eigenvalue weighted by Gasteiger charge is -2.14. The average molecular weight is 403 g/mol. The van der Waals surface area contributed by atoms with Crippen LogP contribution in [-0.2, 0) is 0 Å². The molecule has 0 aliphatic rings. The third-order valence-electron chi connectivity index (χ3n) is 4.84. The van der Waals surface area contributed by atoms with Gasteiger partial charge in [-0.15, -0.1) is 0 Å². The minimum atomic E-state index is -0.182. The van der Waals surface area contributed by atoms with E-state index in [1.807, 2.05) is 42.5 Å². The van der Waals surface area contributed by atoms with Crippen LogP contribution in [0.1, 0.15) is 10.4 Å². The first-order chi connectivity index (χ1) is 14.6. The van der Waals surface area contributed by atoms with E-state index in [9.17, 15) is 4.79 Å². The first-order valence-corrected chi connectivity index (χ1v) is 9.28. The fourth-order valence-electron chi connectivity index (χ4n) is 3.28. The van der Waals surface area contributed by atoms with Gasteiger partial charge in [0, 0.05) is 16.6 Å². The summed E-state index contributed by atoms with van der Waals surface area (Å²) in [6.07, 6.45) is 1.69. The quantitative estimate of drug-likeness (QED) is 0.495. The van der Waals surface area contributed by atoms with Crippen LogP contribution in [0.15, 0.2) is 60.8 Å². The maximum Gasteiger partial charge on any atom is 0.255 e. The third-order valence-corrected chi connectivity index (χ3v) is 4.84. The standard InChI is InChI=1S/C23H21N3O4/c1-28-20-11-16(12-21(29-2)22(20)30-3)14-4-7-18(8-5-14)25-23(27)15-6-9-19-17(10-15)13-24-26-19/h4-13H,1-3H3,(H,24,26)(H,25,27). The molecule has 3 aromatic carbocycles. The molecule has 0 saturated heterocycles. The summed E-state index contributed by atoms with van der Waals surface area (Å²) in [6, 6.07) is 16.7. The Kier molecular flexibility index (Phi) is 5.26. The molecule has 0 aliphatic carbocycles. The second-order valence-corrected chi connectivity index (χ2v) is 6.62. The highest BCUT2D eigenvalue weighted by Crippen LogP contribution is 2.41. The van der Waals surface area contributed by atoms with Gasteiger partial charge in [-0.3, -0.25) is 9.89 Å². The zero-order chi connectivity index (χ0) is 21.1. The normalized spacial score (nSPS) is 10.6. The van der Waals surface area contributed by atoms with E-state index in [0.717, 1.165) is 22.0 Å². The van der Waals surface area contributed by atoms with Crippen LogP contribution in [-0.4, -0.2) is 37.4 Å². The van der Waals surface area contributed by atoms with Crippen LogP contribution in [0, 0.1) is 0 Å². The molecule has 0 atom stereocenters. The Balaban J connectivity index is 1.56. The minimum absolute atomic E-state index is 0.182. The largest absolute Gasteiger partial charge is 0.493 e. The molecule has 0 saturated carbocycles. The van der Waals surface area contributed by atoms with E-state index < -0.39 is 0 Å². The number of methoxy groups -OCH3 is 3. The van der Waals surface area contributed by atoms with Crippen molar-refractivity contribution in [3.63, 3.8) is 0 Å². The van der Waals surface area contributed by atoms with Crippen molar-refractivity contribution in [1.82, 2.24) is 10.2 Å². The van der Waals surface area contributed by atoms with Crippen LogP contribution in [0.25, 0.3) is 22.0 Å². The molecule has 4 rings (SSSR count). The van der Waals surface area contributed by atoms with Crippen molar-refractivity contribution in [3.05, 3.63) is 66.4 Å². The van der Waals surface area contributed by atoms with Crippen LogP contribution in [0.3, 0.4) is 0 Å². The number of aromatic amines is 1. The number of benzene rings is 3. The Morgan fingerprint density at radius 2 is 1.57 bits per heavy atom. The van der Waals surface area contributed by atoms with Crippen LogP contribution in [0.2, 0.25) is 0 Å². The van der Waals surface area contributed by atoms with Crippen LogP contribution in [0.5, 0.6) is 17.2 Å². The number of H-pyrrole nitrogens is 1. The lowest BCUT2D eigenvalue weighted by Crippen LogP contribution is -2.11. The zero-order valence-corrected chi connectivity index (χ0v) is 16.9. The van der Waals surface area contributed by atoms with Crippen LogP contribution >= 0.6 is 0 Å². The van der Waals surface area contributed by atoms with Gasteiger partial charge in [0.1, 0.15) is 0 Å². The molecule has 7 nitrogen and oxygen atoms in total. The smallest absolute Gasteiger partial charge is 0.255 e. The topological polar surface area (TPSA) is 85.5 Å². The Morgan fingerprint density at radius 1 is 0.867 bits per heavy atom. The number of amides is 1. The number of nitrogens with zero attached hydrogens (tertiary/aromatic N) is 1. The molecular weight excluding hydrogens is 382 g/mol. The van der Waals surface area contributed by atoms with Gasteiger partial charge in [-0.1, -0.05) is 12.1 Å². The second kappa shape index (κ2) is 8.16. The summed E-state index contributed by atoms with van der Waals surface area (Å²) in [5, 5.41) is 10.7. The van der Waals surface area contributed by atoms with Crippen molar-refractivity contribution in [2.75, 3.05) is 26.6 Å². The highest BCUT2D eigenvalue weighted by molar-refractivity contribution is 6.06. The highest BCUT2D eigenvalue weighted by Gasteiger charge is 2.14. The van der Waals surface area contributed by atoms with Gasteiger partial charge >= 0.3 is 0 Å². The van der Waals surface area contributed by atoms with Crippen molar-refractivity contribution in [2.24, 2.45) is 0 Å². The zero-order valence-electron chi connectivity index (χ0n) is 16.9. The summed E-state index contributed by atoms with van der Waals surface area (Å²) in [4.78, 5) is 12.6. The first-order valence-electron chi connectivity index (χ1n) is 9.28. The fraction of sp³-hybridized carbons (Fsp3) is 0.130. The lowest BCUT2D eigenvalue weighted by atomic mass is 10.0. The second-order valence-electron chi connectivity index (χ2n) is 6.62. The molecule has 1 amide bonds. The first kappa shape index (κ1) is 19.3. The predicted octanol–water partition coefficient (Wildman–Crippen LogP) is 4.51. The average Bonchev–Trinajstić information content (AvgIpc) is 3.26. The van der Waals surface area contributed by atoms with Gasteiger partial charge in [0.05, 0.1) is 33.0 Å². The number of aromatic nitrogens is 2. The molecule has 2 N–H and O–H groups in total. The molecular formula is C23H21N3O4. The molecule has 0 fully saturated rings. The summed E-state index contributed by atoms with van der Waals surface area (Å²) < 4.78 is 16.2. The molecule has 0 bridgehead atoms. The molecule has 4 aromatic rings. The summed E-state index contributed by atoms with van der Waals surface area (Å²) in [5.41, 5.74) is 4.02. The van der Waals surface area contributed by atoms with Crippen molar-refractivity contribution in [2.45, 2.75) is 0 Å².